The summed E-state index contributed by atoms with van der Waals surface area (Å²) in [6.45, 7) is 3.23. The Balaban J connectivity index is 2.96. The van der Waals surface area contributed by atoms with Gasteiger partial charge >= 0.3 is 5.97 Å². The maximum atomic E-state index is 10.9. The second kappa shape index (κ2) is 5.71. The molecule has 2 N–H and O–H groups in total. The van der Waals surface area contributed by atoms with Crippen LogP contribution in [0.2, 0.25) is 10.0 Å². The van der Waals surface area contributed by atoms with E-state index in [2.05, 4.69) is 0 Å². The van der Waals surface area contributed by atoms with E-state index in [0.717, 1.165) is 0 Å². The molecule has 0 aliphatic heterocycles. The highest BCUT2D eigenvalue weighted by atomic mass is 35.5. The zero-order valence-electron chi connectivity index (χ0n) is 9.52. The van der Waals surface area contributed by atoms with E-state index in [1.165, 1.54) is 6.07 Å². The van der Waals surface area contributed by atoms with E-state index in [4.69, 9.17) is 28.3 Å². The topological polar surface area (TPSA) is 57.5 Å². The first-order valence-electron chi connectivity index (χ1n) is 5.20. The lowest BCUT2D eigenvalue weighted by Gasteiger charge is -2.23. The smallest absolute Gasteiger partial charge is 0.306 e. The molecule has 0 amide bonds. The molecule has 17 heavy (non-hydrogen) atoms. The van der Waals surface area contributed by atoms with Crippen LogP contribution in [0.1, 0.15) is 25.5 Å². The number of carbonyl (C=O) groups is 1. The van der Waals surface area contributed by atoms with Gasteiger partial charge in [0.1, 0.15) is 0 Å². The third-order valence-corrected chi connectivity index (χ3v) is 3.52. The van der Waals surface area contributed by atoms with Gasteiger partial charge in [0.25, 0.3) is 0 Å². The van der Waals surface area contributed by atoms with E-state index in [-0.39, 0.29) is 0 Å². The maximum absolute atomic E-state index is 10.9. The molecule has 0 aromatic heterocycles. The van der Waals surface area contributed by atoms with Gasteiger partial charge in [-0.3, -0.25) is 4.79 Å². The average Bonchev–Trinajstić information content (AvgIpc) is 2.26. The van der Waals surface area contributed by atoms with Crippen molar-refractivity contribution in [2.45, 2.75) is 20.0 Å². The van der Waals surface area contributed by atoms with Crippen LogP contribution in [-0.4, -0.2) is 16.2 Å². The minimum atomic E-state index is -0.943. The Morgan fingerprint density at radius 1 is 1.29 bits per heavy atom. The van der Waals surface area contributed by atoms with Crippen molar-refractivity contribution in [1.82, 2.24) is 0 Å². The summed E-state index contributed by atoms with van der Waals surface area (Å²) in [5.74, 6) is -2.04. The molecule has 3 atom stereocenters. The van der Waals surface area contributed by atoms with Crippen molar-refractivity contribution in [1.29, 1.82) is 0 Å². The molecule has 1 aromatic rings. The summed E-state index contributed by atoms with van der Waals surface area (Å²) in [5.41, 5.74) is 0.497. The molecule has 0 spiro atoms. The summed E-state index contributed by atoms with van der Waals surface area (Å²) >= 11 is 11.7. The lowest BCUT2D eigenvalue weighted by atomic mass is 9.87. The van der Waals surface area contributed by atoms with Gasteiger partial charge in [0.2, 0.25) is 0 Å². The number of aliphatic hydroxyl groups is 1. The van der Waals surface area contributed by atoms with Gasteiger partial charge in [0.05, 0.1) is 12.0 Å². The van der Waals surface area contributed by atoms with Gasteiger partial charge < -0.3 is 10.2 Å². The lowest BCUT2D eigenvalue weighted by Crippen LogP contribution is -2.24. The summed E-state index contributed by atoms with van der Waals surface area (Å²) in [5, 5.41) is 19.8. The first-order valence-corrected chi connectivity index (χ1v) is 5.96. The van der Waals surface area contributed by atoms with Gasteiger partial charge in [-0.2, -0.15) is 0 Å². The largest absolute Gasteiger partial charge is 0.481 e. The van der Waals surface area contributed by atoms with Crippen LogP contribution < -0.4 is 0 Å². The van der Waals surface area contributed by atoms with E-state index in [1.54, 1.807) is 26.0 Å². The molecule has 0 saturated carbocycles. The number of rotatable bonds is 4. The zero-order valence-corrected chi connectivity index (χ0v) is 11.0. The highest BCUT2D eigenvalue weighted by molar-refractivity contribution is 6.35. The Bertz CT molecular complexity index is 420. The SMILES string of the molecule is CC(C(=O)O)C(C)C(O)c1ccc(Cl)cc1Cl. The summed E-state index contributed by atoms with van der Waals surface area (Å²) in [4.78, 5) is 10.9. The molecule has 1 aromatic carbocycles. The number of halogens is 2. The van der Waals surface area contributed by atoms with Crippen molar-refractivity contribution in [3.63, 3.8) is 0 Å². The minimum absolute atomic E-state index is 0.342. The van der Waals surface area contributed by atoms with Crippen LogP contribution in [-0.2, 0) is 4.79 Å². The predicted molar refractivity (Wildman–Crippen MR) is 67.4 cm³/mol. The molecule has 0 aliphatic carbocycles. The number of aliphatic carboxylic acids is 1. The standard InChI is InChI=1S/C12H14Cl2O3/c1-6(7(2)12(16)17)11(15)9-4-3-8(13)5-10(9)14/h3-7,11,15H,1-2H3,(H,16,17). The predicted octanol–water partition coefficient (Wildman–Crippen LogP) is 3.38. The van der Waals surface area contributed by atoms with Crippen molar-refractivity contribution in [2.24, 2.45) is 11.8 Å². The summed E-state index contributed by atoms with van der Waals surface area (Å²) in [6.07, 6.45) is -0.925. The van der Waals surface area contributed by atoms with Crippen LogP contribution >= 0.6 is 23.2 Å². The van der Waals surface area contributed by atoms with E-state index in [1.807, 2.05) is 0 Å². The van der Waals surface area contributed by atoms with Crippen LogP contribution in [0.4, 0.5) is 0 Å². The highest BCUT2D eigenvalue weighted by Crippen LogP contribution is 2.33. The van der Waals surface area contributed by atoms with Crippen LogP contribution in [0.5, 0.6) is 0 Å². The molecule has 94 valence electrons. The van der Waals surface area contributed by atoms with Gasteiger partial charge in [-0.25, -0.2) is 0 Å². The van der Waals surface area contributed by atoms with Gasteiger partial charge in [-0.15, -0.1) is 0 Å². The third-order valence-electron chi connectivity index (χ3n) is 2.96. The van der Waals surface area contributed by atoms with Crippen molar-refractivity contribution in [2.75, 3.05) is 0 Å². The highest BCUT2D eigenvalue weighted by Gasteiger charge is 2.28. The number of aliphatic hydroxyl groups excluding tert-OH is 1. The molecular weight excluding hydrogens is 263 g/mol. The zero-order chi connectivity index (χ0) is 13.2. The number of carboxylic acid groups (broad SMARTS) is 1. The maximum Gasteiger partial charge on any atom is 0.306 e. The Hall–Kier alpha value is -0.770. The molecule has 0 radical (unpaired) electrons. The van der Waals surface area contributed by atoms with Crippen molar-refractivity contribution < 1.29 is 15.0 Å². The molecule has 0 saturated heterocycles. The monoisotopic (exact) mass is 276 g/mol. The fraction of sp³-hybridized carbons (Fsp3) is 0.417. The van der Waals surface area contributed by atoms with Gasteiger partial charge in [0.15, 0.2) is 0 Å². The van der Waals surface area contributed by atoms with Gasteiger partial charge in [-0.1, -0.05) is 43.1 Å². The summed E-state index contributed by atoms with van der Waals surface area (Å²) < 4.78 is 0. The van der Waals surface area contributed by atoms with Crippen LogP contribution in [0.15, 0.2) is 18.2 Å². The summed E-state index contributed by atoms with van der Waals surface area (Å²) in [7, 11) is 0. The third kappa shape index (κ3) is 3.35. The Kier molecular flexibility index (Phi) is 4.80. The van der Waals surface area contributed by atoms with E-state index >= 15 is 0 Å². The summed E-state index contributed by atoms with van der Waals surface area (Å²) in [6, 6.07) is 4.75. The Morgan fingerprint density at radius 3 is 2.35 bits per heavy atom. The molecule has 3 unspecified atom stereocenters. The van der Waals surface area contributed by atoms with Crippen molar-refractivity contribution >= 4 is 29.2 Å². The van der Waals surface area contributed by atoms with Crippen molar-refractivity contribution in [3.8, 4) is 0 Å². The van der Waals surface area contributed by atoms with Crippen LogP contribution in [0.3, 0.4) is 0 Å². The van der Waals surface area contributed by atoms with Gasteiger partial charge in [-0.05, 0) is 23.6 Å². The van der Waals surface area contributed by atoms with Crippen LogP contribution in [0, 0.1) is 11.8 Å². The molecular formula is C12H14Cl2O3. The fourth-order valence-electron chi connectivity index (χ4n) is 1.52. The molecule has 0 bridgehead atoms. The molecule has 3 nitrogen and oxygen atoms in total. The average molecular weight is 277 g/mol. The van der Waals surface area contributed by atoms with Crippen molar-refractivity contribution in [3.05, 3.63) is 33.8 Å². The number of hydrogen-bond acceptors (Lipinski definition) is 2. The Labute approximate surface area is 110 Å². The molecule has 1 rings (SSSR count). The van der Waals surface area contributed by atoms with Crippen LogP contribution in [0.25, 0.3) is 0 Å². The molecule has 0 aliphatic rings. The molecule has 5 heteroatoms. The van der Waals surface area contributed by atoms with E-state index in [0.29, 0.717) is 15.6 Å². The fourth-order valence-corrected chi connectivity index (χ4v) is 2.04. The second-order valence-corrected chi connectivity index (χ2v) is 4.94. The number of hydrogen-bond donors (Lipinski definition) is 2. The quantitative estimate of drug-likeness (QED) is 0.886. The molecule has 0 fully saturated rings. The first kappa shape index (κ1) is 14.3. The minimum Gasteiger partial charge on any atom is -0.481 e. The van der Waals surface area contributed by atoms with Gasteiger partial charge in [0, 0.05) is 10.0 Å². The number of carboxylic acids is 1. The second-order valence-electron chi connectivity index (χ2n) is 4.10. The Morgan fingerprint density at radius 2 is 1.88 bits per heavy atom. The normalized spacial score (nSPS) is 16.3. The first-order chi connectivity index (χ1) is 7.84. The van der Waals surface area contributed by atoms with E-state index in [9.17, 15) is 9.90 Å². The molecule has 0 heterocycles. The van der Waals surface area contributed by atoms with E-state index < -0.39 is 23.9 Å². The lowest BCUT2D eigenvalue weighted by molar-refractivity contribution is -0.144. The number of benzene rings is 1.